The Morgan fingerprint density at radius 2 is 2.06 bits per heavy atom. The first-order valence-electron chi connectivity index (χ1n) is 5.89. The molecule has 1 N–H and O–H groups in total. The lowest BCUT2D eigenvalue weighted by Crippen LogP contribution is -2.16. The van der Waals surface area contributed by atoms with E-state index in [0.717, 1.165) is 0 Å². The van der Waals surface area contributed by atoms with E-state index in [1.54, 1.807) is 24.3 Å². The first kappa shape index (κ1) is 13.2. The van der Waals surface area contributed by atoms with E-state index in [-0.39, 0.29) is 23.2 Å². The zero-order valence-corrected chi connectivity index (χ0v) is 11.0. The van der Waals surface area contributed by atoms with Crippen molar-refractivity contribution < 1.29 is 18.3 Å². The summed E-state index contributed by atoms with van der Waals surface area (Å²) in [5.74, 6) is -0.307. The van der Waals surface area contributed by atoms with E-state index in [4.69, 9.17) is 0 Å². The molecule has 2 rings (SSSR count). The Bertz CT molecular complexity index is 562. The van der Waals surface area contributed by atoms with Gasteiger partial charge in [0.25, 0.3) is 0 Å². The molecule has 1 aromatic carbocycles. The predicted octanol–water partition coefficient (Wildman–Crippen LogP) is 1.36. The third-order valence-corrected chi connectivity index (χ3v) is 5.17. The molecule has 0 saturated carbocycles. The first-order chi connectivity index (χ1) is 8.41. The van der Waals surface area contributed by atoms with Crippen LogP contribution in [0.1, 0.15) is 35.4 Å². The van der Waals surface area contributed by atoms with Gasteiger partial charge in [0, 0.05) is 11.5 Å². The lowest BCUT2D eigenvalue weighted by molar-refractivity contribution is 0.0986. The van der Waals surface area contributed by atoms with Crippen molar-refractivity contribution in [3.8, 4) is 0 Å². The van der Waals surface area contributed by atoms with Crippen LogP contribution < -0.4 is 0 Å². The summed E-state index contributed by atoms with van der Waals surface area (Å²) in [4.78, 5) is 11.5. The van der Waals surface area contributed by atoms with Crippen molar-refractivity contribution in [1.82, 2.24) is 0 Å². The van der Waals surface area contributed by atoms with Crippen LogP contribution in [0.4, 0.5) is 0 Å². The monoisotopic (exact) mass is 268 g/mol. The van der Waals surface area contributed by atoms with Gasteiger partial charge in [0.15, 0.2) is 15.6 Å². The van der Waals surface area contributed by atoms with Crippen LogP contribution in [0.15, 0.2) is 24.3 Å². The maximum atomic E-state index is 11.5. The minimum atomic E-state index is -3.03. The van der Waals surface area contributed by atoms with Gasteiger partial charge in [0.1, 0.15) is 0 Å². The Morgan fingerprint density at radius 3 is 2.61 bits per heavy atom. The summed E-state index contributed by atoms with van der Waals surface area (Å²) in [7, 11) is -3.03. The van der Waals surface area contributed by atoms with Crippen LogP contribution >= 0.6 is 0 Å². The molecule has 1 aromatic rings. The summed E-state index contributed by atoms with van der Waals surface area (Å²) < 4.78 is 22.8. The van der Waals surface area contributed by atoms with Crippen LogP contribution in [0.2, 0.25) is 0 Å². The van der Waals surface area contributed by atoms with Crippen LogP contribution in [0.25, 0.3) is 0 Å². The second-order valence-corrected chi connectivity index (χ2v) is 6.98. The fraction of sp³-hybridized carbons (Fsp3) is 0.462. The number of Topliss-reactive ketones (excluding diaryl/α,β-unsaturated/α-hetero) is 1. The third-order valence-electron chi connectivity index (χ3n) is 3.37. The molecular formula is C13H16O4S. The zero-order chi connectivity index (χ0) is 13.3. The van der Waals surface area contributed by atoms with Gasteiger partial charge in [-0.2, -0.15) is 0 Å². The van der Waals surface area contributed by atoms with E-state index < -0.39 is 15.9 Å². The van der Waals surface area contributed by atoms with Gasteiger partial charge >= 0.3 is 0 Å². The molecule has 0 bridgehead atoms. The topological polar surface area (TPSA) is 71.4 Å². The van der Waals surface area contributed by atoms with Gasteiger partial charge < -0.3 is 5.11 Å². The molecular weight excluding hydrogens is 252 g/mol. The number of carbonyl (C=O) groups is 1. The van der Waals surface area contributed by atoms with E-state index in [1.807, 2.05) is 0 Å². The van der Waals surface area contributed by atoms with Gasteiger partial charge in [-0.05, 0) is 18.9 Å². The smallest absolute Gasteiger partial charge is 0.160 e. The van der Waals surface area contributed by atoms with Crippen LogP contribution in [0.3, 0.4) is 0 Å². The Labute approximate surface area is 107 Å². The second kappa shape index (κ2) is 4.82. The third kappa shape index (κ3) is 2.62. The lowest BCUT2D eigenvalue weighted by Gasteiger charge is -2.19. The molecule has 0 radical (unpaired) electrons. The highest BCUT2D eigenvalue weighted by Crippen LogP contribution is 2.32. The average Bonchev–Trinajstić information content (AvgIpc) is 2.68. The Kier molecular flexibility index (Phi) is 3.54. The Morgan fingerprint density at radius 1 is 1.39 bits per heavy atom. The molecule has 98 valence electrons. The highest BCUT2D eigenvalue weighted by Gasteiger charge is 2.34. The molecule has 1 aliphatic heterocycles. The van der Waals surface area contributed by atoms with Crippen molar-refractivity contribution in [2.24, 2.45) is 5.92 Å². The number of ketones is 1. The second-order valence-electron chi connectivity index (χ2n) is 4.75. The molecule has 2 unspecified atom stereocenters. The summed E-state index contributed by atoms with van der Waals surface area (Å²) >= 11 is 0. The normalized spacial score (nSPS) is 23.8. The van der Waals surface area contributed by atoms with Gasteiger partial charge in [0.2, 0.25) is 0 Å². The van der Waals surface area contributed by atoms with Crippen molar-refractivity contribution in [3.63, 3.8) is 0 Å². The molecule has 1 heterocycles. The zero-order valence-electron chi connectivity index (χ0n) is 10.2. The molecule has 0 aliphatic carbocycles. The SMILES string of the molecule is CC(=O)c1ccccc1C(O)C1CCS(=O)(=O)C1. The first-order valence-corrected chi connectivity index (χ1v) is 7.71. The van der Waals surface area contributed by atoms with E-state index in [0.29, 0.717) is 17.5 Å². The van der Waals surface area contributed by atoms with Crippen LogP contribution in [-0.4, -0.2) is 30.8 Å². The van der Waals surface area contributed by atoms with Crippen molar-refractivity contribution in [1.29, 1.82) is 0 Å². The summed E-state index contributed by atoms with van der Waals surface area (Å²) in [6, 6.07) is 6.82. The minimum Gasteiger partial charge on any atom is -0.388 e. The van der Waals surface area contributed by atoms with Crippen LogP contribution in [0.5, 0.6) is 0 Å². The highest BCUT2D eigenvalue weighted by atomic mass is 32.2. The van der Waals surface area contributed by atoms with E-state index in [9.17, 15) is 18.3 Å². The van der Waals surface area contributed by atoms with Gasteiger partial charge in [-0.25, -0.2) is 8.42 Å². The van der Waals surface area contributed by atoms with Gasteiger partial charge in [-0.1, -0.05) is 24.3 Å². The number of benzene rings is 1. The maximum absolute atomic E-state index is 11.5. The molecule has 0 amide bonds. The molecule has 18 heavy (non-hydrogen) atoms. The molecule has 1 aliphatic rings. The highest BCUT2D eigenvalue weighted by molar-refractivity contribution is 7.91. The number of hydrogen-bond acceptors (Lipinski definition) is 4. The van der Waals surface area contributed by atoms with Crippen molar-refractivity contribution in [2.45, 2.75) is 19.4 Å². The quantitative estimate of drug-likeness (QED) is 0.840. The van der Waals surface area contributed by atoms with Crippen LogP contribution in [0, 0.1) is 5.92 Å². The minimum absolute atomic E-state index is 0.000402. The number of sulfone groups is 1. The average molecular weight is 268 g/mol. The number of rotatable bonds is 3. The summed E-state index contributed by atoms with van der Waals surface area (Å²) in [5, 5.41) is 10.3. The summed E-state index contributed by atoms with van der Waals surface area (Å²) in [5.41, 5.74) is 1.00. The standard InChI is InChI=1S/C13H16O4S/c1-9(14)11-4-2-3-5-12(11)13(15)10-6-7-18(16,17)8-10/h2-5,10,13,15H,6-8H2,1H3. The number of carbonyl (C=O) groups excluding carboxylic acids is 1. The van der Waals surface area contributed by atoms with E-state index in [2.05, 4.69) is 0 Å². The Hall–Kier alpha value is -1.20. The summed E-state index contributed by atoms with van der Waals surface area (Å²) in [6.45, 7) is 1.44. The van der Waals surface area contributed by atoms with Gasteiger partial charge in [0.05, 0.1) is 17.6 Å². The molecule has 2 atom stereocenters. The largest absolute Gasteiger partial charge is 0.388 e. The molecule has 5 heteroatoms. The number of aliphatic hydroxyl groups excluding tert-OH is 1. The van der Waals surface area contributed by atoms with Crippen molar-refractivity contribution in [3.05, 3.63) is 35.4 Å². The predicted molar refractivity (Wildman–Crippen MR) is 68.2 cm³/mol. The molecule has 4 nitrogen and oxygen atoms in total. The maximum Gasteiger partial charge on any atom is 0.160 e. The van der Waals surface area contributed by atoms with Crippen molar-refractivity contribution in [2.75, 3.05) is 11.5 Å². The fourth-order valence-corrected chi connectivity index (χ4v) is 4.23. The van der Waals surface area contributed by atoms with Gasteiger partial charge in [-0.3, -0.25) is 4.79 Å². The Balaban J connectivity index is 2.30. The van der Waals surface area contributed by atoms with Crippen LogP contribution in [-0.2, 0) is 9.84 Å². The number of aliphatic hydroxyl groups is 1. The van der Waals surface area contributed by atoms with Gasteiger partial charge in [-0.15, -0.1) is 0 Å². The van der Waals surface area contributed by atoms with E-state index >= 15 is 0 Å². The molecule has 1 saturated heterocycles. The summed E-state index contributed by atoms with van der Waals surface area (Å²) in [6.07, 6.45) is -0.433. The lowest BCUT2D eigenvalue weighted by atomic mass is 9.91. The fourth-order valence-electron chi connectivity index (χ4n) is 2.40. The molecule has 0 aromatic heterocycles. The van der Waals surface area contributed by atoms with E-state index in [1.165, 1.54) is 6.92 Å². The number of hydrogen-bond donors (Lipinski definition) is 1. The van der Waals surface area contributed by atoms with Crippen molar-refractivity contribution >= 4 is 15.6 Å². The molecule has 0 spiro atoms. The molecule has 1 fully saturated rings.